The number of hydrogen-bond acceptors (Lipinski definition) is 4. The Hall–Kier alpha value is -2.58. The first kappa shape index (κ1) is 20.7. The molecule has 0 fully saturated rings. The van der Waals surface area contributed by atoms with Crippen LogP contribution in [0.2, 0.25) is 5.02 Å². The highest BCUT2D eigenvalue weighted by Crippen LogP contribution is 2.34. The van der Waals surface area contributed by atoms with E-state index >= 15 is 0 Å². The summed E-state index contributed by atoms with van der Waals surface area (Å²) in [6.45, 7) is 0. The standard InChI is InChI=1S/C22H18ClN3O2S2/c1-29-22-5-3-2-4-19(22)21-14-20(15-6-8-16(23)9-7-15)25-26(21)17-10-12-18(13-11-17)30(24,27)28/h2-14H,1H3,(H2,24,27,28). The van der Waals surface area contributed by atoms with Crippen molar-refractivity contribution in [3.05, 3.63) is 83.9 Å². The van der Waals surface area contributed by atoms with Crippen LogP contribution in [0, 0.1) is 0 Å². The van der Waals surface area contributed by atoms with Gasteiger partial charge < -0.3 is 0 Å². The molecule has 0 spiro atoms. The van der Waals surface area contributed by atoms with E-state index in [1.807, 2.05) is 59.5 Å². The molecule has 0 amide bonds. The number of primary sulfonamides is 1. The van der Waals surface area contributed by atoms with Gasteiger partial charge >= 0.3 is 0 Å². The molecule has 0 bridgehead atoms. The van der Waals surface area contributed by atoms with Crippen molar-refractivity contribution in [1.29, 1.82) is 0 Å². The van der Waals surface area contributed by atoms with Crippen LogP contribution >= 0.6 is 23.4 Å². The van der Waals surface area contributed by atoms with E-state index in [9.17, 15) is 8.42 Å². The molecule has 0 atom stereocenters. The van der Waals surface area contributed by atoms with Crippen LogP contribution in [-0.4, -0.2) is 24.5 Å². The molecule has 4 rings (SSSR count). The second kappa shape index (κ2) is 8.28. The van der Waals surface area contributed by atoms with E-state index in [1.54, 1.807) is 23.9 Å². The SMILES string of the molecule is CSc1ccccc1-c1cc(-c2ccc(Cl)cc2)nn1-c1ccc(S(N)(=O)=O)cc1. The van der Waals surface area contributed by atoms with Gasteiger partial charge in [-0.2, -0.15) is 5.10 Å². The Morgan fingerprint density at radius 3 is 2.27 bits per heavy atom. The van der Waals surface area contributed by atoms with E-state index in [0.717, 1.165) is 33.1 Å². The molecule has 30 heavy (non-hydrogen) atoms. The van der Waals surface area contributed by atoms with Crippen LogP contribution < -0.4 is 5.14 Å². The van der Waals surface area contributed by atoms with E-state index in [2.05, 4.69) is 6.07 Å². The molecule has 0 radical (unpaired) electrons. The summed E-state index contributed by atoms with van der Waals surface area (Å²) in [5.74, 6) is 0. The van der Waals surface area contributed by atoms with Crippen molar-refractivity contribution in [3.63, 3.8) is 0 Å². The Kier molecular flexibility index (Phi) is 5.71. The first-order valence-corrected chi connectivity index (χ1v) is 12.1. The zero-order valence-electron chi connectivity index (χ0n) is 16.0. The average Bonchev–Trinajstić information content (AvgIpc) is 3.19. The van der Waals surface area contributed by atoms with Crippen LogP contribution in [0.5, 0.6) is 0 Å². The molecule has 0 aliphatic rings. The first-order valence-electron chi connectivity index (χ1n) is 8.99. The van der Waals surface area contributed by atoms with Gasteiger partial charge in [0.05, 0.1) is 22.0 Å². The maximum atomic E-state index is 11.6. The van der Waals surface area contributed by atoms with Crippen molar-refractivity contribution >= 4 is 33.4 Å². The molecule has 5 nitrogen and oxygen atoms in total. The number of rotatable bonds is 5. The molecule has 0 saturated carbocycles. The minimum Gasteiger partial charge on any atom is -0.232 e. The summed E-state index contributed by atoms with van der Waals surface area (Å²) in [6, 6.07) is 24.0. The lowest BCUT2D eigenvalue weighted by atomic mass is 10.1. The van der Waals surface area contributed by atoms with Crippen molar-refractivity contribution < 1.29 is 8.42 Å². The summed E-state index contributed by atoms with van der Waals surface area (Å²) in [6.07, 6.45) is 2.03. The van der Waals surface area contributed by atoms with Gasteiger partial charge in [-0.3, -0.25) is 0 Å². The zero-order valence-corrected chi connectivity index (χ0v) is 18.4. The smallest absolute Gasteiger partial charge is 0.232 e. The third-order valence-electron chi connectivity index (χ3n) is 4.64. The molecular formula is C22H18ClN3O2S2. The molecule has 1 aromatic heterocycles. The Morgan fingerprint density at radius 1 is 0.967 bits per heavy atom. The minimum absolute atomic E-state index is 0.0578. The van der Waals surface area contributed by atoms with Crippen molar-refractivity contribution in [3.8, 4) is 28.2 Å². The number of sulfonamides is 1. The first-order chi connectivity index (χ1) is 14.4. The number of halogens is 1. The fourth-order valence-corrected chi connectivity index (χ4v) is 4.41. The van der Waals surface area contributed by atoms with Crippen LogP contribution in [0.15, 0.2) is 88.7 Å². The fourth-order valence-electron chi connectivity index (χ4n) is 3.16. The summed E-state index contributed by atoms with van der Waals surface area (Å²) >= 11 is 7.68. The molecular weight excluding hydrogens is 438 g/mol. The summed E-state index contributed by atoms with van der Waals surface area (Å²) < 4.78 is 25.0. The predicted molar refractivity (Wildman–Crippen MR) is 123 cm³/mol. The summed E-state index contributed by atoms with van der Waals surface area (Å²) in [5.41, 5.74) is 4.38. The minimum atomic E-state index is -3.76. The number of benzene rings is 3. The van der Waals surface area contributed by atoms with Crippen LogP contribution in [-0.2, 0) is 10.0 Å². The summed E-state index contributed by atoms with van der Waals surface area (Å²) in [7, 11) is -3.76. The number of nitrogens with two attached hydrogens (primary N) is 1. The third-order valence-corrected chi connectivity index (χ3v) is 6.62. The highest BCUT2D eigenvalue weighted by molar-refractivity contribution is 7.98. The molecule has 0 aliphatic carbocycles. The second-order valence-corrected chi connectivity index (χ2v) is 9.42. The molecule has 0 saturated heterocycles. The molecule has 4 aromatic rings. The Morgan fingerprint density at radius 2 is 1.63 bits per heavy atom. The largest absolute Gasteiger partial charge is 0.238 e. The lowest BCUT2D eigenvalue weighted by Crippen LogP contribution is -2.12. The van der Waals surface area contributed by atoms with E-state index in [4.69, 9.17) is 21.8 Å². The van der Waals surface area contributed by atoms with Crippen LogP contribution in [0.4, 0.5) is 0 Å². The molecule has 152 valence electrons. The highest BCUT2D eigenvalue weighted by Gasteiger charge is 2.16. The van der Waals surface area contributed by atoms with Gasteiger partial charge in [-0.25, -0.2) is 18.2 Å². The zero-order chi connectivity index (χ0) is 21.3. The molecule has 0 unspecified atom stereocenters. The number of nitrogens with zero attached hydrogens (tertiary/aromatic N) is 2. The number of hydrogen-bond donors (Lipinski definition) is 1. The molecule has 3 aromatic carbocycles. The van der Waals surface area contributed by atoms with Crippen LogP contribution in [0.25, 0.3) is 28.2 Å². The van der Waals surface area contributed by atoms with Crippen molar-refractivity contribution in [2.24, 2.45) is 5.14 Å². The van der Waals surface area contributed by atoms with Crippen molar-refractivity contribution in [2.75, 3.05) is 6.26 Å². The maximum absolute atomic E-state index is 11.6. The Labute approximate surface area is 184 Å². The molecule has 2 N–H and O–H groups in total. The number of thioether (sulfide) groups is 1. The predicted octanol–water partition coefficient (Wildman–Crippen LogP) is 5.23. The van der Waals surface area contributed by atoms with Crippen LogP contribution in [0.3, 0.4) is 0 Å². The topological polar surface area (TPSA) is 78.0 Å². The van der Waals surface area contributed by atoms with Crippen molar-refractivity contribution in [1.82, 2.24) is 9.78 Å². The van der Waals surface area contributed by atoms with Gasteiger partial charge in [-0.05, 0) is 54.8 Å². The lowest BCUT2D eigenvalue weighted by molar-refractivity contribution is 0.598. The lowest BCUT2D eigenvalue weighted by Gasteiger charge is -2.11. The fraction of sp³-hybridized carbons (Fsp3) is 0.0455. The summed E-state index contributed by atoms with van der Waals surface area (Å²) in [4.78, 5) is 1.17. The normalized spacial score (nSPS) is 11.6. The second-order valence-electron chi connectivity index (χ2n) is 6.57. The van der Waals surface area contributed by atoms with Crippen molar-refractivity contribution in [2.45, 2.75) is 9.79 Å². The number of aromatic nitrogens is 2. The van der Waals surface area contributed by atoms with E-state index < -0.39 is 10.0 Å². The highest BCUT2D eigenvalue weighted by atomic mass is 35.5. The Balaban J connectivity index is 1.90. The van der Waals surface area contributed by atoms with Gasteiger partial charge in [-0.1, -0.05) is 41.9 Å². The van der Waals surface area contributed by atoms with E-state index in [1.165, 1.54) is 12.1 Å². The van der Waals surface area contributed by atoms with Gasteiger partial charge in [0.15, 0.2) is 0 Å². The average molecular weight is 456 g/mol. The van der Waals surface area contributed by atoms with E-state index in [-0.39, 0.29) is 4.90 Å². The quantitative estimate of drug-likeness (QED) is 0.418. The van der Waals surface area contributed by atoms with Gasteiger partial charge in [0.1, 0.15) is 0 Å². The third kappa shape index (κ3) is 4.15. The summed E-state index contributed by atoms with van der Waals surface area (Å²) in [5, 5.41) is 10.7. The molecule has 1 heterocycles. The van der Waals surface area contributed by atoms with Crippen LogP contribution in [0.1, 0.15) is 0 Å². The van der Waals surface area contributed by atoms with Gasteiger partial charge in [0.2, 0.25) is 10.0 Å². The maximum Gasteiger partial charge on any atom is 0.238 e. The molecule has 0 aliphatic heterocycles. The van der Waals surface area contributed by atoms with Gasteiger partial charge in [0, 0.05) is 21.0 Å². The molecule has 8 heteroatoms. The van der Waals surface area contributed by atoms with E-state index in [0.29, 0.717) is 5.02 Å². The monoisotopic (exact) mass is 455 g/mol. The Bertz CT molecular complexity index is 1300. The van der Waals surface area contributed by atoms with Gasteiger partial charge in [-0.15, -0.1) is 11.8 Å². The van der Waals surface area contributed by atoms with Gasteiger partial charge in [0.25, 0.3) is 0 Å².